The van der Waals surface area contributed by atoms with Crippen molar-refractivity contribution in [2.75, 3.05) is 13.2 Å². The number of carbonyl (C=O) groups is 3. The fraction of sp³-hybridized carbons (Fsp3) is 0.100. The Kier molecular flexibility index (Phi) is 5.86. The van der Waals surface area contributed by atoms with Gasteiger partial charge in [-0.1, -0.05) is 48.0 Å². The number of primary amides is 1. The summed E-state index contributed by atoms with van der Waals surface area (Å²) in [6.07, 6.45) is 0. The number of carbonyl (C=O) groups excluding carboxylic acids is 3. The molecule has 3 aromatic rings. The van der Waals surface area contributed by atoms with E-state index in [-0.39, 0.29) is 12.1 Å². The number of benzene rings is 2. The minimum absolute atomic E-state index is 0.253. The molecule has 0 spiro atoms. The van der Waals surface area contributed by atoms with Crippen molar-refractivity contribution in [3.8, 4) is 11.3 Å². The highest BCUT2D eigenvalue weighted by Gasteiger charge is 2.17. The van der Waals surface area contributed by atoms with Crippen molar-refractivity contribution in [1.82, 2.24) is 10.3 Å². The lowest BCUT2D eigenvalue weighted by molar-refractivity contribution is -0.127. The van der Waals surface area contributed by atoms with Gasteiger partial charge in [0.05, 0.1) is 23.3 Å². The maximum atomic E-state index is 12.6. The van der Waals surface area contributed by atoms with E-state index < -0.39 is 24.4 Å². The van der Waals surface area contributed by atoms with E-state index in [1.807, 2.05) is 6.07 Å². The molecule has 28 heavy (non-hydrogen) atoms. The highest BCUT2D eigenvalue weighted by atomic mass is 35.5. The van der Waals surface area contributed by atoms with Crippen LogP contribution in [0.4, 0.5) is 0 Å². The largest absolute Gasteiger partial charge is 0.452 e. The summed E-state index contributed by atoms with van der Waals surface area (Å²) >= 11 is 6.26. The zero-order valence-corrected chi connectivity index (χ0v) is 15.4. The van der Waals surface area contributed by atoms with Crippen molar-refractivity contribution >= 4 is 40.3 Å². The van der Waals surface area contributed by atoms with E-state index >= 15 is 0 Å². The fourth-order valence-corrected chi connectivity index (χ4v) is 2.83. The van der Waals surface area contributed by atoms with Gasteiger partial charge < -0.3 is 15.8 Å². The first-order chi connectivity index (χ1) is 13.5. The van der Waals surface area contributed by atoms with Crippen molar-refractivity contribution < 1.29 is 19.1 Å². The van der Waals surface area contributed by atoms with Gasteiger partial charge in [-0.3, -0.25) is 9.59 Å². The van der Waals surface area contributed by atoms with Crippen LogP contribution in [0.5, 0.6) is 0 Å². The summed E-state index contributed by atoms with van der Waals surface area (Å²) in [4.78, 5) is 39.5. The molecule has 0 unspecified atom stereocenters. The smallest absolute Gasteiger partial charge is 0.339 e. The number of hydrogen-bond donors (Lipinski definition) is 2. The Morgan fingerprint density at radius 2 is 1.79 bits per heavy atom. The van der Waals surface area contributed by atoms with E-state index in [9.17, 15) is 14.4 Å². The summed E-state index contributed by atoms with van der Waals surface area (Å²) < 4.78 is 5.09. The Morgan fingerprint density at radius 3 is 2.54 bits per heavy atom. The molecule has 0 aliphatic heterocycles. The molecule has 2 aromatic carbocycles. The molecule has 8 heteroatoms. The molecule has 0 aliphatic rings. The van der Waals surface area contributed by atoms with Crippen LogP contribution < -0.4 is 11.1 Å². The van der Waals surface area contributed by atoms with E-state index in [0.717, 1.165) is 0 Å². The van der Waals surface area contributed by atoms with Crippen LogP contribution in [-0.2, 0) is 14.3 Å². The predicted molar refractivity (Wildman–Crippen MR) is 105 cm³/mol. The van der Waals surface area contributed by atoms with Crippen LogP contribution in [0, 0.1) is 0 Å². The molecule has 0 radical (unpaired) electrons. The average Bonchev–Trinajstić information content (AvgIpc) is 2.70. The molecule has 0 atom stereocenters. The van der Waals surface area contributed by atoms with Gasteiger partial charge in [0, 0.05) is 16.0 Å². The van der Waals surface area contributed by atoms with Crippen molar-refractivity contribution in [2.45, 2.75) is 0 Å². The van der Waals surface area contributed by atoms with E-state index in [2.05, 4.69) is 10.3 Å². The quantitative estimate of drug-likeness (QED) is 0.620. The van der Waals surface area contributed by atoms with Crippen LogP contribution in [0.1, 0.15) is 10.4 Å². The summed E-state index contributed by atoms with van der Waals surface area (Å²) in [5.74, 6) is -2.01. The molecule has 0 saturated carbocycles. The standard InChI is InChI=1S/C20H16ClN3O4/c21-15-7-3-1-6-13(15)17-9-14(12-5-2-4-8-16(12)24-17)20(27)28-11-19(26)23-10-18(22)25/h1-9H,10-11H2,(H2,22,25)(H,23,26). The van der Waals surface area contributed by atoms with Crippen molar-refractivity contribution in [3.63, 3.8) is 0 Å². The second-order valence-corrected chi connectivity index (χ2v) is 6.28. The number of aromatic nitrogens is 1. The van der Waals surface area contributed by atoms with Crippen LogP contribution in [0.15, 0.2) is 54.6 Å². The molecule has 3 N–H and O–H groups in total. The summed E-state index contributed by atoms with van der Waals surface area (Å²) in [6, 6.07) is 15.8. The molecular weight excluding hydrogens is 382 g/mol. The number of hydrogen-bond acceptors (Lipinski definition) is 5. The molecule has 0 bridgehead atoms. The first-order valence-electron chi connectivity index (χ1n) is 8.32. The highest BCUT2D eigenvalue weighted by Crippen LogP contribution is 2.30. The second kappa shape index (κ2) is 8.49. The lowest BCUT2D eigenvalue weighted by atomic mass is 10.0. The van der Waals surface area contributed by atoms with E-state index in [1.54, 1.807) is 48.5 Å². The molecular formula is C20H16ClN3O4. The van der Waals surface area contributed by atoms with Gasteiger partial charge in [0.1, 0.15) is 0 Å². The average molecular weight is 398 g/mol. The molecule has 1 aromatic heterocycles. The number of halogens is 1. The first-order valence-corrected chi connectivity index (χ1v) is 8.70. The van der Waals surface area contributed by atoms with E-state index in [0.29, 0.717) is 27.2 Å². The number of nitrogens with two attached hydrogens (primary N) is 1. The maximum Gasteiger partial charge on any atom is 0.339 e. The maximum absolute atomic E-state index is 12.6. The van der Waals surface area contributed by atoms with Crippen molar-refractivity contribution in [1.29, 1.82) is 0 Å². The first kappa shape index (κ1) is 19.3. The van der Waals surface area contributed by atoms with Crippen molar-refractivity contribution in [2.24, 2.45) is 5.73 Å². The number of rotatable bonds is 6. The molecule has 0 saturated heterocycles. The molecule has 3 rings (SSSR count). The number of amides is 2. The summed E-state index contributed by atoms with van der Waals surface area (Å²) in [6.45, 7) is -0.866. The van der Waals surface area contributed by atoms with Gasteiger partial charge >= 0.3 is 5.97 Å². The van der Waals surface area contributed by atoms with Crippen molar-refractivity contribution in [3.05, 3.63) is 65.2 Å². The SMILES string of the molecule is NC(=O)CNC(=O)COC(=O)c1cc(-c2ccccc2Cl)nc2ccccc12. The zero-order chi connectivity index (χ0) is 20.1. The van der Waals surface area contributed by atoms with Gasteiger partial charge in [0.25, 0.3) is 5.91 Å². The van der Waals surface area contributed by atoms with Crippen LogP contribution in [0.2, 0.25) is 5.02 Å². The third-order valence-corrected chi connectivity index (χ3v) is 4.21. The second-order valence-electron chi connectivity index (χ2n) is 5.87. The summed E-state index contributed by atoms with van der Waals surface area (Å²) in [7, 11) is 0. The highest BCUT2D eigenvalue weighted by molar-refractivity contribution is 6.33. The molecule has 7 nitrogen and oxygen atoms in total. The Labute approximate surface area is 165 Å². The normalized spacial score (nSPS) is 10.5. The number of fused-ring (bicyclic) bond motifs is 1. The monoisotopic (exact) mass is 397 g/mol. The fourth-order valence-electron chi connectivity index (χ4n) is 2.60. The van der Waals surface area contributed by atoms with Gasteiger partial charge in [-0.2, -0.15) is 0 Å². The van der Waals surface area contributed by atoms with Crippen LogP contribution in [-0.4, -0.2) is 35.9 Å². The van der Waals surface area contributed by atoms with Crippen LogP contribution >= 0.6 is 11.6 Å². The number of pyridine rings is 1. The molecule has 142 valence electrons. The van der Waals surface area contributed by atoms with E-state index in [4.69, 9.17) is 22.1 Å². The van der Waals surface area contributed by atoms with Gasteiger partial charge in [-0.25, -0.2) is 9.78 Å². The molecule has 1 heterocycles. The number of ether oxygens (including phenoxy) is 1. The Balaban J connectivity index is 1.91. The molecule has 0 aliphatic carbocycles. The van der Waals surface area contributed by atoms with Gasteiger partial charge in [0.2, 0.25) is 5.91 Å². The van der Waals surface area contributed by atoms with Gasteiger partial charge in [-0.15, -0.1) is 0 Å². The third-order valence-electron chi connectivity index (χ3n) is 3.88. The van der Waals surface area contributed by atoms with Crippen LogP contribution in [0.3, 0.4) is 0 Å². The predicted octanol–water partition coefficient (Wildman–Crippen LogP) is 2.31. The lowest BCUT2D eigenvalue weighted by Gasteiger charge is -2.11. The number of nitrogens with one attached hydrogen (secondary N) is 1. The number of para-hydroxylation sites is 1. The van der Waals surface area contributed by atoms with Gasteiger partial charge in [0.15, 0.2) is 6.61 Å². The summed E-state index contributed by atoms with van der Waals surface area (Å²) in [5, 5.41) is 3.33. The molecule has 2 amide bonds. The topological polar surface area (TPSA) is 111 Å². The number of esters is 1. The minimum Gasteiger partial charge on any atom is -0.452 e. The Hall–Kier alpha value is -3.45. The minimum atomic E-state index is -0.693. The molecule has 0 fully saturated rings. The van der Waals surface area contributed by atoms with Crippen LogP contribution in [0.25, 0.3) is 22.2 Å². The Morgan fingerprint density at radius 1 is 1.07 bits per heavy atom. The zero-order valence-electron chi connectivity index (χ0n) is 14.6. The lowest BCUT2D eigenvalue weighted by Crippen LogP contribution is -2.36. The van der Waals surface area contributed by atoms with Gasteiger partial charge in [-0.05, 0) is 18.2 Å². The Bertz CT molecular complexity index is 1070. The third kappa shape index (κ3) is 4.44. The summed E-state index contributed by atoms with van der Waals surface area (Å²) in [5.41, 5.74) is 6.97. The van der Waals surface area contributed by atoms with E-state index in [1.165, 1.54) is 0 Å². The number of nitrogens with zero attached hydrogens (tertiary/aromatic N) is 1.